The van der Waals surface area contributed by atoms with Crippen LogP contribution in [0.3, 0.4) is 0 Å². The third kappa shape index (κ3) is 3.78. The Morgan fingerprint density at radius 3 is 2.64 bits per heavy atom. The van der Waals surface area contributed by atoms with E-state index < -0.39 is 11.6 Å². The maximum Gasteiger partial charge on any atom is 0.410 e. The first-order valence-electron chi connectivity index (χ1n) is 7.37. The molecule has 22 heavy (non-hydrogen) atoms. The summed E-state index contributed by atoms with van der Waals surface area (Å²) in [5, 5.41) is 12.4. The molecule has 0 aliphatic carbocycles. The van der Waals surface area contributed by atoms with Gasteiger partial charge in [0.1, 0.15) is 11.4 Å². The van der Waals surface area contributed by atoms with Crippen molar-refractivity contribution in [2.45, 2.75) is 58.1 Å². The maximum absolute atomic E-state index is 12.3. The molecule has 1 aliphatic rings. The largest absolute Gasteiger partial charge is 0.476 e. The Bertz CT molecular complexity index is 561. The Balaban J connectivity index is 2.09. The number of hydrogen-bond acceptors (Lipinski definition) is 5. The number of ether oxygens (including phenoxy) is 1. The second-order valence-electron chi connectivity index (χ2n) is 6.68. The van der Waals surface area contributed by atoms with Crippen LogP contribution < -0.4 is 0 Å². The van der Waals surface area contributed by atoms with Crippen LogP contribution in [0.1, 0.15) is 62.7 Å². The monoisotopic (exact) mass is 310 g/mol. The summed E-state index contributed by atoms with van der Waals surface area (Å²) in [5.41, 5.74) is -0.663. The standard InChI is InChI=1S/C15H22N2O5/c1-9-5-6-10(12-7-11(13(18)19)16-22-12)8-17(9)14(20)21-15(2,3)4/h7,9-10H,5-6,8H2,1-4H3,(H,18,19)/t9-,10?/m1/s1. The number of carbonyl (C=O) groups excluding carboxylic acids is 1. The molecule has 2 atom stereocenters. The Morgan fingerprint density at radius 2 is 2.09 bits per heavy atom. The van der Waals surface area contributed by atoms with E-state index in [1.165, 1.54) is 6.07 Å². The van der Waals surface area contributed by atoms with Crippen LogP contribution in [-0.2, 0) is 4.74 Å². The molecule has 0 saturated carbocycles. The smallest absolute Gasteiger partial charge is 0.410 e. The molecular weight excluding hydrogens is 288 g/mol. The van der Waals surface area contributed by atoms with Gasteiger partial charge in [-0.25, -0.2) is 9.59 Å². The van der Waals surface area contributed by atoms with Gasteiger partial charge in [-0.05, 0) is 40.5 Å². The first kappa shape index (κ1) is 16.3. The molecule has 0 spiro atoms. The summed E-state index contributed by atoms with van der Waals surface area (Å²) >= 11 is 0. The van der Waals surface area contributed by atoms with Crippen LogP contribution >= 0.6 is 0 Å². The van der Waals surface area contributed by atoms with Crippen molar-refractivity contribution < 1.29 is 24.0 Å². The van der Waals surface area contributed by atoms with E-state index in [4.69, 9.17) is 14.4 Å². The van der Waals surface area contributed by atoms with Gasteiger partial charge in [-0.1, -0.05) is 5.16 Å². The minimum Gasteiger partial charge on any atom is -0.476 e. The van der Waals surface area contributed by atoms with Crippen molar-refractivity contribution in [3.05, 3.63) is 17.5 Å². The molecule has 1 aliphatic heterocycles. The van der Waals surface area contributed by atoms with E-state index in [1.54, 1.807) is 4.90 Å². The van der Waals surface area contributed by atoms with Crippen molar-refractivity contribution in [3.8, 4) is 0 Å². The Morgan fingerprint density at radius 1 is 1.41 bits per heavy atom. The van der Waals surface area contributed by atoms with Crippen LogP contribution in [0, 0.1) is 0 Å². The number of carbonyl (C=O) groups is 2. The molecule has 1 amide bonds. The molecule has 2 rings (SSSR count). The van der Waals surface area contributed by atoms with Gasteiger partial charge in [-0.15, -0.1) is 0 Å². The topological polar surface area (TPSA) is 92.9 Å². The highest BCUT2D eigenvalue weighted by molar-refractivity contribution is 5.85. The minimum atomic E-state index is -1.12. The highest BCUT2D eigenvalue weighted by Crippen LogP contribution is 2.31. The quantitative estimate of drug-likeness (QED) is 0.902. The van der Waals surface area contributed by atoms with Crippen LogP contribution in [0.5, 0.6) is 0 Å². The van der Waals surface area contributed by atoms with Crippen molar-refractivity contribution >= 4 is 12.1 Å². The predicted octanol–water partition coefficient (Wildman–Crippen LogP) is 2.88. The first-order chi connectivity index (χ1) is 10.2. The number of hydrogen-bond donors (Lipinski definition) is 1. The summed E-state index contributed by atoms with van der Waals surface area (Å²) in [6, 6.07) is 1.50. The molecule has 122 valence electrons. The Hall–Kier alpha value is -2.05. The number of aromatic carboxylic acids is 1. The summed E-state index contributed by atoms with van der Waals surface area (Å²) < 4.78 is 10.5. The van der Waals surface area contributed by atoms with Crippen molar-refractivity contribution in [2.24, 2.45) is 0 Å². The normalized spacial score (nSPS) is 22.5. The van der Waals surface area contributed by atoms with E-state index in [-0.39, 0.29) is 23.7 Å². The fourth-order valence-electron chi connectivity index (χ4n) is 2.50. The van der Waals surface area contributed by atoms with Crippen LogP contribution in [0.15, 0.2) is 10.6 Å². The molecular formula is C15H22N2O5. The molecule has 1 N–H and O–H groups in total. The zero-order chi connectivity index (χ0) is 16.5. The van der Waals surface area contributed by atoms with Gasteiger partial charge in [0.25, 0.3) is 0 Å². The Labute approximate surface area is 129 Å². The molecule has 0 aromatic carbocycles. The SMILES string of the molecule is C[C@@H]1CCC(c2cc(C(=O)O)no2)CN1C(=O)OC(C)(C)C. The molecule has 0 bridgehead atoms. The number of carboxylic acid groups (broad SMARTS) is 1. The van der Waals surface area contributed by atoms with Crippen LogP contribution in [0.2, 0.25) is 0 Å². The van der Waals surface area contributed by atoms with Gasteiger partial charge in [-0.2, -0.15) is 0 Å². The van der Waals surface area contributed by atoms with Gasteiger partial charge in [0.15, 0.2) is 5.69 Å². The zero-order valence-corrected chi connectivity index (χ0v) is 13.3. The van der Waals surface area contributed by atoms with Crippen LogP contribution in [-0.4, -0.2) is 45.4 Å². The maximum atomic E-state index is 12.3. The van der Waals surface area contributed by atoms with Crippen molar-refractivity contribution in [1.82, 2.24) is 10.1 Å². The van der Waals surface area contributed by atoms with Crippen molar-refractivity contribution in [2.75, 3.05) is 6.54 Å². The molecule has 1 fully saturated rings. The molecule has 1 unspecified atom stereocenters. The first-order valence-corrected chi connectivity index (χ1v) is 7.37. The number of piperidine rings is 1. The fourth-order valence-corrected chi connectivity index (χ4v) is 2.50. The molecule has 1 aromatic rings. The predicted molar refractivity (Wildman–Crippen MR) is 77.8 cm³/mol. The molecule has 1 saturated heterocycles. The van der Waals surface area contributed by atoms with E-state index in [9.17, 15) is 9.59 Å². The van der Waals surface area contributed by atoms with E-state index in [0.29, 0.717) is 12.3 Å². The molecule has 7 heteroatoms. The number of rotatable bonds is 2. The van der Waals surface area contributed by atoms with Gasteiger partial charge in [0, 0.05) is 24.6 Å². The summed E-state index contributed by atoms with van der Waals surface area (Å²) in [5.74, 6) is -0.689. The average Bonchev–Trinajstić information content (AvgIpc) is 2.86. The highest BCUT2D eigenvalue weighted by Gasteiger charge is 2.34. The summed E-state index contributed by atoms with van der Waals surface area (Å²) in [7, 11) is 0. The lowest BCUT2D eigenvalue weighted by Gasteiger charge is -2.37. The third-order valence-corrected chi connectivity index (χ3v) is 3.66. The second kappa shape index (κ2) is 5.98. The van der Waals surface area contributed by atoms with Gasteiger partial charge in [0.2, 0.25) is 0 Å². The van der Waals surface area contributed by atoms with Gasteiger partial charge in [-0.3, -0.25) is 0 Å². The molecule has 1 aromatic heterocycles. The van der Waals surface area contributed by atoms with Gasteiger partial charge >= 0.3 is 12.1 Å². The second-order valence-corrected chi connectivity index (χ2v) is 6.68. The van der Waals surface area contributed by atoms with E-state index >= 15 is 0 Å². The number of nitrogens with zero attached hydrogens (tertiary/aromatic N) is 2. The number of likely N-dealkylation sites (tertiary alicyclic amines) is 1. The number of amides is 1. The Kier molecular flexibility index (Phi) is 4.44. The van der Waals surface area contributed by atoms with E-state index in [2.05, 4.69) is 5.16 Å². The van der Waals surface area contributed by atoms with Gasteiger partial charge < -0.3 is 19.3 Å². The molecule has 0 radical (unpaired) electrons. The average molecular weight is 310 g/mol. The lowest BCUT2D eigenvalue weighted by Crippen LogP contribution is -2.47. The number of aromatic nitrogens is 1. The summed E-state index contributed by atoms with van der Waals surface area (Å²) in [6.45, 7) is 7.89. The zero-order valence-electron chi connectivity index (χ0n) is 13.3. The van der Waals surface area contributed by atoms with Crippen LogP contribution in [0.4, 0.5) is 4.79 Å². The third-order valence-electron chi connectivity index (χ3n) is 3.66. The molecule has 2 heterocycles. The number of carboxylic acids is 1. The van der Waals surface area contributed by atoms with E-state index in [1.807, 2.05) is 27.7 Å². The van der Waals surface area contributed by atoms with Crippen molar-refractivity contribution in [3.63, 3.8) is 0 Å². The summed E-state index contributed by atoms with van der Waals surface area (Å²) in [6.07, 6.45) is 1.25. The van der Waals surface area contributed by atoms with Crippen molar-refractivity contribution in [1.29, 1.82) is 0 Å². The molecule has 7 nitrogen and oxygen atoms in total. The minimum absolute atomic E-state index is 0.0654. The fraction of sp³-hybridized carbons (Fsp3) is 0.667. The lowest BCUT2D eigenvalue weighted by atomic mass is 9.91. The lowest BCUT2D eigenvalue weighted by molar-refractivity contribution is 0.00867. The summed E-state index contributed by atoms with van der Waals surface area (Å²) in [4.78, 5) is 24.8. The van der Waals surface area contributed by atoms with Crippen LogP contribution in [0.25, 0.3) is 0 Å². The van der Waals surface area contributed by atoms with E-state index in [0.717, 1.165) is 12.8 Å². The van der Waals surface area contributed by atoms with Gasteiger partial charge in [0.05, 0.1) is 0 Å². The highest BCUT2D eigenvalue weighted by atomic mass is 16.6.